The van der Waals surface area contributed by atoms with Crippen molar-refractivity contribution >= 4 is 43.8 Å². The van der Waals surface area contributed by atoms with Crippen LogP contribution < -0.4 is 10.5 Å². The van der Waals surface area contributed by atoms with Gasteiger partial charge in [-0.3, -0.25) is 4.21 Å². The second-order valence-corrected chi connectivity index (χ2v) is 9.16. The second kappa shape index (κ2) is 6.72. The Kier molecular flexibility index (Phi) is 4.58. The van der Waals surface area contributed by atoms with Crippen LogP contribution in [0.5, 0.6) is 5.75 Å². The molecule has 1 aromatic heterocycles. The summed E-state index contributed by atoms with van der Waals surface area (Å²) in [7, 11) is 0.897. The van der Waals surface area contributed by atoms with Crippen LogP contribution in [0.1, 0.15) is 16.0 Å². The third kappa shape index (κ3) is 2.89. The third-order valence-corrected chi connectivity index (χ3v) is 7.71. The summed E-state index contributed by atoms with van der Waals surface area (Å²) in [6.07, 6.45) is 0.837. The van der Waals surface area contributed by atoms with Crippen molar-refractivity contribution in [3.63, 3.8) is 0 Å². The van der Waals surface area contributed by atoms with E-state index in [2.05, 4.69) is 6.07 Å². The molecule has 0 saturated carbocycles. The van der Waals surface area contributed by atoms with Crippen molar-refractivity contribution in [3.05, 3.63) is 51.4 Å². The Hall–Kier alpha value is -1.40. The van der Waals surface area contributed by atoms with Crippen LogP contribution in [-0.4, -0.2) is 17.1 Å². The van der Waals surface area contributed by atoms with Gasteiger partial charge in [0.25, 0.3) is 0 Å². The summed E-state index contributed by atoms with van der Waals surface area (Å²) in [5.74, 6) is 2.18. The molecule has 4 rings (SSSR count). The van der Waals surface area contributed by atoms with Crippen LogP contribution in [0.15, 0.2) is 30.3 Å². The number of rotatable bonds is 3. The van der Waals surface area contributed by atoms with Gasteiger partial charge in [-0.25, -0.2) is 0 Å². The molecule has 2 heterocycles. The quantitative estimate of drug-likeness (QED) is 0.715. The molecule has 1 atom stereocenters. The maximum absolute atomic E-state index is 12.0. The van der Waals surface area contributed by atoms with E-state index in [1.165, 1.54) is 20.5 Å². The predicted octanol–water partition coefficient (Wildman–Crippen LogP) is 4.49. The summed E-state index contributed by atoms with van der Waals surface area (Å²) >= 11 is 8.48. The van der Waals surface area contributed by atoms with Gasteiger partial charge in [-0.05, 0) is 41.3 Å². The molecule has 3 aromatic rings. The number of benzene rings is 2. The van der Waals surface area contributed by atoms with Gasteiger partial charge in [0.2, 0.25) is 0 Å². The van der Waals surface area contributed by atoms with Crippen molar-refractivity contribution in [2.75, 3.05) is 12.9 Å². The molecule has 2 N–H and O–H groups in total. The molecule has 0 amide bonds. The summed E-state index contributed by atoms with van der Waals surface area (Å²) in [6, 6.07) is 10.0. The summed E-state index contributed by atoms with van der Waals surface area (Å²) in [4.78, 5) is 1.22. The van der Waals surface area contributed by atoms with E-state index in [0.29, 0.717) is 17.3 Å². The molecule has 0 spiro atoms. The summed E-state index contributed by atoms with van der Waals surface area (Å²) in [6.45, 7) is 0.395. The Labute approximate surface area is 158 Å². The Bertz CT molecular complexity index is 979. The predicted molar refractivity (Wildman–Crippen MR) is 107 cm³/mol. The molecule has 6 heteroatoms. The molecule has 0 aliphatic carbocycles. The van der Waals surface area contributed by atoms with Crippen molar-refractivity contribution < 1.29 is 8.95 Å². The maximum atomic E-state index is 12.0. The first-order valence-electron chi connectivity index (χ1n) is 8.07. The SMILES string of the molecule is COc1ccc(-c2c(Cl)c(CN)cc3sc4c(c23)CCS(=O)C4)cc1. The highest BCUT2D eigenvalue weighted by atomic mass is 35.5. The van der Waals surface area contributed by atoms with Crippen LogP contribution in [0.4, 0.5) is 0 Å². The molecule has 0 radical (unpaired) electrons. The van der Waals surface area contributed by atoms with E-state index in [1.807, 2.05) is 24.3 Å². The fourth-order valence-electron chi connectivity index (χ4n) is 3.39. The number of aryl methyl sites for hydroxylation is 1. The Balaban J connectivity index is 2.02. The van der Waals surface area contributed by atoms with Gasteiger partial charge in [-0.1, -0.05) is 23.7 Å². The Morgan fingerprint density at radius 2 is 2.08 bits per heavy atom. The standard InChI is InChI=1S/C19H18ClNO2S2/c1-23-13-4-2-11(3-5-13)17-18-14-6-7-25(22)10-16(14)24-15(18)8-12(9-21)19(17)20/h2-5,8H,6-7,9-10,21H2,1H3. The fourth-order valence-corrected chi connectivity index (χ4v) is 6.52. The van der Waals surface area contributed by atoms with Gasteiger partial charge in [0.05, 0.1) is 17.9 Å². The monoisotopic (exact) mass is 391 g/mol. The average molecular weight is 392 g/mol. The molecule has 1 unspecified atom stereocenters. The van der Waals surface area contributed by atoms with E-state index in [9.17, 15) is 4.21 Å². The number of thiophene rings is 1. The lowest BCUT2D eigenvalue weighted by Crippen LogP contribution is -2.11. The Morgan fingerprint density at radius 1 is 1.32 bits per heavy atom. The zero-order valence-corrected chi connectivity index (χ0v) is 16.2. The molecule has 25 heavy (non-hydrogen) atoms. The first kappa shape index (κ1) is 17.0. The molecule has 3 nitrogen and oxygen atoms in total. The minimum Gasteiger partial charge on any atom is -0.497 e. The lowest BCUT2D eigenvalue weighted by Gasteiger charge is -2.15. The summed E-state index contributed by atoms with van der Waals surface area (Å²) in [5, 5.41) is 1.91. The van der Waals surface area contributed by atoms with Crippen molar-refractivity contribution in [2.45, 2.75) is 18.7 Å². The van der Waals surface area contributed by atoms with E-state index in [0.717, 1.165) is 34.6 Å². The molecular formula is C19H18ClNO2S2. The Morgan fingerprint density at radius 3 is 2.76 bits per heavy atom. The highest BCUT2D eigenvalue weighted by molar-refractivity contribution is 7.84. The number of hydrogen-bond donors (Lipinski definition) is 1. The van der Waals surface area contributed by atoms with Crippen molar-refractivity contribution in [1.29, 1.82) is 0 Å². The molecule has 1 aliphatic rings. The first-order valence-corrected chi connectivity index (χ1v) is 10.8. The van der Waals surface area contributed by atoms with Crippen LogP contribution >= 0.6 is 22.9 Å². The third-order valence-electron chi connectivity index (χ3n) is 4.65. The lowest BCUT2D eigenvalue weighted by atomic mass is 9.95. The van der Waals surface area contributed by atoms with E-state index in [4.69, 9.17) is 22.1 Å². The van der Waals surface area contributed by atoms with Crippen LogP contribution in [0, 0.1) is 0 Å². The van der Waals surface area contributed by atoms with Gasteiger partial charge in [0.1, 0.15) is 5.75 Å². The zero-order valence-electron chi connectivity index (χ0n) is 13.8. The highest BCUT2D eigenvalue weighted by Crippen LogP contribution is 2.45. The number of fused-ring (bicyclic) bond motifs is 3. The summed E-state index contributed by atoms with van der Waals surface area (Å²) in [5.41, 5.74) is 10.3. The topological polar surface area (TPSA) is 52.3 Å². The van der Waals surface area contributed by atoms with Crippen LogP contribution in [-0.2, 0) is 29.5 Å². The van der Waals surface area contributed by atoms with E-state index < -0.39 is 10.8 Å². The van der Waals surface area contributed by atoms with Gasteiger partial charge >= 0.3 is 0 Å². The number of hydrogen-bond acceptors (Lipinski definition) is 4. The van der Waals surface area contributed by atoms with Gasteiger partial charge < -0.3 is 10.5 Å². The smallest absolute Gasteiger partial charge is 0.118 e. The van der Waals surface area contributed by atoms with Crippen molar-refractivity contribution in [1.82, 2.24) is 0 Å². The lowest BCUT2D eigenvalue weighted by molar-refractivity contribution is 0.415. The van der Waals surface area contributed by atoms with E-state index in [-0.39, 0.29) is 0 Å². The van der Waals surface area contributed by atoms with Gasteiger partial charge in [0.15, 0.2) is 0 Å². The number of ether oxygens (including phenoxy) is 1. The van der Waals surface area contributed by atoms with Crippen LogP contribution in [0.3, 0.4) is 0 Å². The van der Waals surface area contributed by atoms with E-state index in [1.54, 1.807) is 18.4 Å². The number of halogens is 1. The van der Waals surface area contributed by atoms with Crippen LogP contribution in [0.25, 0.3) is 21.2 Å². The van der Waals surface area contributed by atoms with Gasteiger partial charge in [-0.2, -0.15) is 0 Å². The minimum atomic E-state index is -0.760. The molecule has 0 bridgehead atoms. The molecule has 130 valence electrons. The first-order chi connectivity index (χ1) is 12.1. The van der Waals surface area contributed by atoms with Gasteiger partial charge in [0, 0.05) is 43.6 Å². The largest absolute Gasteiger partial charge is 0.497 e. The second-order valence-electron chi connectivity index (χ2n) is 6.07. The van der Waals surface area contributed by atoms with Crippen molar-refractivity contribution in [3.8, 4) is 16.9 Å². The average Bonchev–Trinajstić information content (AvgIpc) is 2.98. The molecule has 2 aromatic carbocycles. The van der Waals surface area contributed by atoms with Crippen LogP contribution in [0.2, 0.25) is 5.02 Å². The highest BCUT2D eigenvalue weighted by Gasteiger charge is 2.24. The minimum absolute atomic E-state index is 0.395. The summed E-state index contributed by atoms with van der Waals surface area (Å²) < 4.78 is 18.4. The zero-order chi connectivity index (χ0) is 17.6. The molecule has 0 saturated heterocycles. The number of nitrogens with two attached hydrogens (primary N) is 1. The van der Waals surface area contributed by atoms with Gasteiger partial charge in [-0.15, -0.1) is 11.3 Å². The normalized spacial score (nSPS) is 16.8. The number of methoxy groups -OCH3 is 1. The fraction of sp³-hybridized carbons (Fsp3) is 0.263. The molecule has 1 aliphatic heterocycles. The van der Waals surface area contributed by atoms with E-state index >= 15 is 0 Å². The molecular weight excluding hydrogens is 374 g/mol. The maximum Gasteiger partial charge on any atom is 0.118 e. The molecule has 0 fully saturated rings. The van der Waals surface area contributed by atoms with Crippen molar-refractivity contribution in [2.24, 2.45) is 5.73 Å².